The molecule has 0 atom stereocenters. The molecule has 1 aromatic heterocycles. The Morgan fingerprint density at radius 2 is 2.06 bits per heavy atom. The number of rotatable bonds is 3. The van der Waals surface area contributed by atoms with Gasteiger partial charge in [-0.15, -0.1) is 0 Å². The number of aromatic amines is 1. The number of aliphatic hydroxyl groups is 1. The summed E-state index contributed by atoms with van der Waals surface area (Å²) >= 11 is 0. The van der Waals surface area contributed by atoms with Crippen LogP contribution in [0.2, 0.25) is 0 Å². The molecule has 0 bridgehead atoms. The molecule has 2 rings (SSSR count). The second kappa shape index (κ2) is 5.22. The molecule has 0 saturated heterocycles. The molecule has 0 fully saturated rings. The Labute approximate surface area is 104 Å². The zero-order chi connectivity index (χ0) is 13.1. The van der Waals surface area contributed by atoms with Crippen LogP contribution in [0.25, 0.3) is 0 Å². The van der Waals surface area contributed by atoms with Gasteiger partial charge in [-0.1, -0.05) is 0 Å². The van der Waals surface area contributed by atoms with Gasteiger partial charge in [0.1, 0.15) is 11.3 Å². The summed E-state index contributed by atoms with van der Waals surface area (Å²) < 4.78 is 0. The molecule has 1 aliphatic carbocycles. The average molecular weight is 252 g/mol. The molecule has 0 spiro atoms. The summed E-state index contributed by atoms with van der Waals surface area (Å²) in [4.78, 5) is 26.2. The minimum Gasteiger partial charge on any atom is -0.507 e. The van der Waals surface area contributed by atoms with Gasteiger partial charge in [0, 0.05) is 17.8 Å². The molecule has 18 heavy (non-hydrogen) atoms. The summed E-state index contributed by atoms with van der Waals surface area (Å²) in [6.07, 6.45) is 3.29. The fourth-order valence-corrected chi connectivity index (χ4v) is 2.23. The number of H-pyrrole nitrogens is 1. The van der Waals surface area contributed by atoms with E-state index in [2.05, 4.69) is 10.3 Å². The first-order valence-corrected chi connectivity index (χ1v) is 6.01. The number of carbonyl (C=O) groups excluding carboxylic acids is 1. The number of fused-ring (bicyclic) bond motifs is 1. The SMILES string of the molecule is O=C(NCCO)c1c(O)c2c([nH]c1=O)CCCC2. The van der Waals surface area contributed by atoms with Crippen LogP contribution in [0.1, 0.15) is 34.5 Å². The number of pyridine rings is 1. The van der Waals surface area contributed by atoms with E-state index in [9.17, 15) is 14.7 Å². The number of aromatic nitrogens is 1. The predicted octanol–water partition coefficient (Wildman–Crippen LogP) is -0.319. The third kappa shape index (κ3) is 2.24. The van der Waals surface area contributed by atoms with Gasteiger partial charge in [-0.25, -0.2) is 0 Å². The lowest BCUT2D eigenvalue weighted by molar-refractivity contribution is 0.0940. The predicted molar refractivity (Wildman–Crippen MR) is 64.8 cm³/mol. The van der Waals surface area contributed by atoms with Gasteiger partial charge in [-0.05, 0) is 25.7 Å². The Balaban J connectivity index is 2.42. The first kappa shape index (κ1) is 12.6. The molecule has 4 N–H and O–H groups in total. The van der Waals surface area contributed by atoms with E-state index < -0.39 is 11.5 Å². The van der Waals surface area contributed by atoms with Crippen LogP contribution < -0.4 is 10.9 Å². The Kier molecular flexibility index (Phi) is 3.66. The molecule has 6 nitrogen and oxygen atoms in total. The molecule has 6 heteroatoms. The maximum Gasteiger partial charge on any atom is 0.264 e. The highest BCUT2D eigenvalue weighted by atomic mass is 16.3. The molecular formula is C12H16N2O4. The fraction of sp³-hybridized carbons (Fsp3) is 0.500. The summed E-state index contributed by atoms with van der Waals surface area (Å²) in [5.74, 6) is -0.875. The van der Waals surface area contributed by atoms with Crippen LogP contribution >= 0.6 is 0 Å². The first-order valence-electron chi connectivity index (χ1n) is 6.01. The van der Waals surface area contributed by atoms with E-state index in [4.69, 9.17) is 5.11 Å². The number of amides is 1. The minimum absolute atomic E-state index is 0.0504. The monoisotopic (exact) mass is 252 g/mol. The van der Waals surface area contributed by atoms with Crippen molar-refractivity contribution < 1.29 is 15.0 Å². The third-order valence-corrected chi connectivity index (χ3v) is 3.11. The number of nitrogens with one attached hydrogen (secondary N) is 2. The van der Waals surface area contributed by atoms with Gasteiger partial charge < -0.3 is 20.5 Å². The number of aryl methyl sites for hydroxylation is 1. The summed E-state index contributed by atoms with van der Waals surface area (Å²) in [6, 6.07) is 0. The summed E-state index contributed by atoms with van der Waals surface area (Å²) in [7, 11) is 0. The number of hydrogen-bond donors (Lipinski definition) is 4. The molecule has 0 saturated carbocycles. The van der Waals surface area contributed by atoms with Crippen LogP contribution in [0.3, 0.4) is 0 Å². The molecule has 0 unspecified atom stereocenters. The minimum atomic E-state index is -0.656. The zero-order valence-electron chi connectivity index (χ0n) is 9.95. The van der Waals surface area contributed by atoms with Crippen molar-refractivity contribution in [3.8, 4) is 5.75 Å². The van der Waals surface area contributed by atoms with E-state index in [1.165, 1.54) is 0 Å². The van der Waals surface area contributed by atoms with E-state index in [0.717, 1.165) is 25.0 Å². The second-order valence-electron chi connectivity index (χ2n) is 4.32. The van der Waals surface area contributed by atoms with Crippen LogP contribution in [-0.2, 0) is 12.8 Å². The van der Waals surface area contributed by atoms with Crippen molar-refractivity contribution in [1.29, 1.82) is 0 Å². The molecule has 1 aromatic rings. The Morgan fingerprint density at radius 3 is 2.78 bits per heavy atom. The Bertz CT molecular complexity index is 522. The lowest BCUT2D eigenvalue weighted by Gasteiger charge is -2.18. The molecule has 0 radical (unpaired) electrons. The smallest absolute Gasteiger partial charge is 0.264 e. The highest BCUT2D eigenvalue weighted by molar-refractivity contribution is 5.96. The molecule has 1 aliphatic rings. The van der Waals surface area contributed by atoms with E-state index >= 15 is 0 Å². The van der Waals surface area contributed by atoms with Crippen molar-refractivity contribution in [2.75, 3.05) is 13.2 Å². The average Bonchev–Trinajstić information content (AvgIpc) is 2.36. The van der Waals surface area contributed by atoms with Gasteiger partial charge in [0.05, 0.1) is 6.61 Å². The summed E-state index contributed by atoms with van der Waals surface area (Å²) in [5.41, 5.74) is 0.546. The summed E-state index contributed by atoms with van der Waals surface area (Å²) in [6.45, 7) is -0.163. The normalized spacial score (nSPS) is 14.1. The van der Waals surface area contributed by atoms with Gasteiger partial charge in [0.2, 0.25) is 0 Å². The fourth-order valence-electron chi connectivity index (χ4n) is 2.23. The first-order chi connectivity index (χ1) is 8.65. The van der Waals surface area contributed by atoms with Crippen molar-refractivity contribution >= 4 is 5.91 Å². The van der Waals surface area contributed by atoms with E-state index in [-0.39, 0.29) is 24.5 Å². The lowest BCUT2D eigenvalue weighted by atomic mass is 9.94. The zero-order valence-corrected chi connectivity index (χ0v) is 9.95. The van der Waals surface area contributed by atoms with Gasteiger partial charge in [0.25, 0.3) is 11.5 Å². The quantitative estimate of drug-likeness (QED) is 0.592. The number of aliphatic hydroxyl groups excluding tert-OH is 1. The molecule has 1 amide bonds. The molecule has 1 heterocycles. The van der Waals surface area contributed by atoms with Crippen LogP contribution in [0.4, 0.5) is 0 Å². The third-order valence-electron chi connectivity index (χ3n) is 3.11. The van der Waals surface area contributed by atoms with Crippen molar-refractivity contribution in [3.63, 3.8) is 0 Å². The number of hydrogen-bond acceptors (Lipinski definition) is 4. The van der Waals surface area contributed by atoms with E-state index in [1.54, 1.807) is 0 Å². The van der Waals surface area contributed by atoms with Gasteiger partial charge in [0.15, 0.2) is 0 Å². The van der Waals surface area contributed by atoms with Crippen LogP contribution in [-0.4, -0.2) is 34.3 Å². The number of carbonyl (C=O) groups is 1. The largest absolute Gasteiger partial charge is 0.507 e. The molecule has 0 aliphatic heterocycles. The summed E-state index contributed by atoms with van der Waals surface area (Å²) in [5, 5.41) is 21.0. The molecule has 98 valence electrons. The van der Waals surface area contributed by atoms with Gasteiger partial charge in [-0.3, -0.25) is 9.59 Å². The van der Waals surface area contributed by atoms with Crippen molar-refractivity contribution in [1.82, 2.24) is 10.3 Å². The second-order valence-corrected chi connectivity index (χ2v) is 4.32. The van der Waals surface area contributed by atoms with Crippen molar-refractivity contribution in [3.05, 3.63) is 27.2 Å². The maximum absolute atomic E-state index is 11.8. The van der Waals surface area contributed by atoms with E-state index in [1.807, 2.05) is 0 Å². The molecule has 0 aromatic carbocycles. The van der Waals surface area contributed by atoms with Gasteiger partial charge >= 0.3 is 0 Å². The van der Waals surface area contributed by atoms with Gasteiger partial charge in [-0.2, -0.15) is 0 Å². The van der Waals surface area contributed by atoms with Crippen LogP contribution in [0, 0.1) is 0 Å². The highest BCUT2D eigenvalue weighted by Gasteiger charge is 2.23. The lowest BCUT2D eigenvalue weighted by Crippen LogP contribution is -2.32. The molecular weight excluding hydrogens is 236 g/mol. The van der Waals surface area contributed by atoms with Crippen LogP contribution in [0.15, 0.2) is 4.79 Å². The van der Waals surface area contributed by atoms with Crippen molar-refractivity contribution in [2.24, 2.45) is 0 Å². The van der Waals surface area contributed by atoms with Crippen LogP contribution in [0.5, 0.6) is 5.75 Å². The van der Waals surface area contributed by atoms with E-state index in [0.29, 0.717) is 12.0 Å². The number of aromatic hydroxyl groups is 1. The van der Waals surface area contributed by atoms with Crippen molar-refractivity contribution in [2.45, 2.75) is 25.7 Å². The topological polar surface area (TPSA) is 102 Å². The Morgan fingerprint density at radius 1 is 1.33 bits per heavy atom. The Hall–Kier alpha value is -1.82. The standard InChI is InChI=1S/C12H16N2O4/c15-6-5-13-11(17)9-10(16)7-3-1-2-4-8(7)14-12(9)18/h15H,1-6H2,(H,13,17)(H2,14,16,18). The maximum atomic E-state index is 11.8. The highest BCUT2D eigenvalue weighted by Crippen LogP contribution is 2.28.